The summed E-state index contributed by atoms with van der Waals surface area (Å²) in [5.41, 5.74) is 1.17. The molecule has 1 aromatic rings. The van der Waals surface area contributed by atoms with Crippen molar-refractivity contribution in [2.75, 3.05) is 19.4 Å². The molecule has 0 fully saturated rings. The highest BCUT2D eigenvalue weighted by molar-refractivity contribution is 7.85. The Morgan fingerprint density at radius 1 is 1.19 bits per heavy atom. The Morgan fingerprint density at radius 2 is 1.81 bits per heavy atom. The monoisotopic (exact) mass is 311 g/mol. The second-order valence-corrected chi connectivity index (χ2v) is 7.61. The van der Waals surface area contributed by atoms with Gasteiger partial charge in [0, 0.05) is 27.8 Å². The Balaban J connectivity index is 2.81. The number of hydrogen-bond donors (Lipinski definition) is 1. The molecule has 21 heavy (non-hydrogen) atoms. The number of hydrogen-bond acceptors (Lipinski definition) is 3. The van der Waals surface area contributed by atoms with E-state index in [4.69, 9.17) is 4.74 Å². The molecule has 0 aliphatic rings. The van der Waals surface area contributed by atoms with Crippen LogP contribution in [0.4, 0.5) is 0 Å². The van der Waals surface area contributed by atoms with Crippen LogP contribution in [0.15, 0.2) is 24.3 Å². The van der Waals surface area contributed by atoms with Crippen molar-refractivity contribution >= 4 is 10.8 Å². The Bertz CT molecular complexity index is 431. The Labute approximate surface area is 131 Å². The molecule has 1 N–H and O–H groups in total. The fourth-order valence-corrected chi connectivity index (χ4v) is 3.60. The molecule has 4 heteroatoms. The van der Waals surface area contributed by atoms with E-state index in [1.54, 1.807) is 7.11 Å². The van der Waals surface area contributed by atoms with E-state index in [0.717, 1.165) is 18.7 Å². The van der Waals surface area contributed by atoms with Gasteiger partial charge in [0.2, 0.25) is 0 Å². The van der Waals surface area contributed by atoms with Gasteiger partial charge in [0.05, 0.1) is 7.11 Å². The maximum Gasteiger partial charge on any atom is 0.118 e. The zero-order valence-corrected chi connectivity index (χ0v) is 14.7. The minimum atomic E-state index is -0.830. The molecule has 0 bridgehead atoms. The lowest BCUT2D eigenvalue weighted by molar-refractivity contribution is 0.414. The van der Waals surface area contributed by atoms with E-state index in [2.05, 4.69) is 45.1 Å². The first-order chi connectivity index (χ1) is 9.99. The topological polar surface area (TPSA) is 38.3 Å². The molecule has 3 atom stereocenters. The molecule has 0 radical (unpaired) electrons. The van der Waals surface area contributed by atoms with Crippen molar-refractivity contribution in [2.24, 2.45) is 5.92 Å². The fourth-order valence-electron chi connectivity index (χ4n) is 2.05. The molecule has 0 aliphatic heterocycles. The lowest BCUT2D eigenvalue weighted by Crippen LogP contribution is -2.31. The number of ether oxygens (including phenoxy) is 1. The summed E-state index contributed by atoms with van der Waals surface area (Å²) < 4.78 is 17.7. The largest absolute Gasteiger partial charge is 0.497 e. The third-order valence-corrected chi connectivity index (χ3v) is 5.88. The van der Waals surface area contributed by atoms with Crippen molar-refractivity contribution in [3.05, 3.63) is 29.8 Å². The van der Waals surface area contributed by atoms with E-state index >= 15 is 0 Å². The number of nitrogens with one attached hydrogen (secondary N) is 1. The first-order valence-corrected chi connectivity index (χ1v) is 9.12. The van der Waals surface area contributed by atoms with Crippen molar-refractivity contribution in [1.82, 2.24) is 5.32 Å². The molecule has 0 saturated carbocycles. The molecule has 3 nitrogen and oxygen atoms in total. The molecule has 120 valence electrons. The van der Waals surface area contributed by atoms with E-state index in [9.17, 15) is 4.21 Å². The second kappa shape index (κ2) is 9.21. The summed E-state index contributed by atoms with van der Waals surface area (Å²) >= 11 is 0. The summed E-state index contributed by atoms with van der Waals surface area (Å²) in [6, 6.07) is 8.18. The number of benzene rings is 1. The maximum atomic E-state index is 12.5. The van der Waals surface area contributed by atoms with Crippen molar-refractivity contribution in [2.45, 2.75) is 45.4 Å². The van der Waals surface area contributed by atoms with Crippen LogP contribution in [0.25, 0.3) is 0 Å². The van der Waals surface area contributed by atoms with Crippen LogP contribution < -0.4 is 10.1 Å². The molecule has 0 amide bonds. The van der Waals surface area contributed by atoms with Crippen LogP contribution >= 0.6 is 0 Å². The predicted molar refractivity (Wildman–Crippen MR) is 91.3 cm³/mol. The maximum absolute atomic E-state index is 12.5. The quantitative estimate of drug-likeness (QED) is 0.758. The van der Waals surface area contributed by atoms with Crippen LogP contribution in [0.2, 0.25) is 0 Å². The molecule has 0 aromatic heterocycles. The van der Waals surface area contributed by atoms with E-state index in [0.29, 0.717) is 11.7 Å². The fraction of sp³-hybridized carbons (Fsp3) is 0.647. The zero-order chi connectivity index (χ0) is 15.8. The highest BCUT2D eigenvalue weighted by Gasteiger charge is 2.20. The van der Waals surface area contributed by atoms with Crippen LogP contribution in [0.1, 0.15) is 45.7 Å². The zero-order valence-electron chi connectivity index (χ0n) is 13.9. The van der Waals surface area contributed by atoms with E-state index < -0.39 is 10.8 Å². The molecule has 0 saturated heterocycles. The smallest absolute Gasteiger partial charge is 0.118 e. The molecule has 0 spiro atoms. The summed E-state index contributed by atoms with van der Waals surface area (Å²) in [7, 11) is 0.838. The number of rotatable bonds is 9. The number of methoxy groups -OCH3 is 1. The molecular weight excluding hydrogens is 282 g/mol. The first-order valence-electron chi connectivity index (χ1n) is 7.74. The van der Waals surface area contributed by atoms with Gasteiger partial charge in [0.1, 0.15) is 5.75 Å². The summed E-state index contributed by atoms with van der Waals surface area (Å²) in [4.78, 5) is 0. The minimum absolute atomic E-state index is 0.137. The van der Waals surface area contributed by atoms with Gasteiger partial charge in [-0.25, -0.2) is 0 Å². The third kappa shape index (κ3) is 5.79. The standard InChI is InChI=1S/C17H29NO2S/c1-6-11-18-17(12-21(19)14(4)13(2)3)15-7-9-16(20-5)10-8-15/h7-10,13-14,17-18H,6,11-12H2,1-5H3. The average Bonchev–Trinajstić information content (AvgIpc) is 2.50. The average molecular weight is 311 g/mol. The second-order valence-electron chi connectivity index (χ2n) is 5.78. The van der Waals surface area contributed by atoms with Crippen molar-refractivity contribution < 1.29 is 8.95 Å². The van der Waals surface area contributed by atoms with E-state index in [1.165, 1.54) is 5.56 Å². The summed E-state index contributed by atoms with van der Waals surface area (Å²) in [5, 5.41) is 3.73. The van der Waals surface area contributed by atoms with Crippen LogP contribution in [-0.2, 0) is 10.8 Å². The SMILES string of the molecule is CCCNC(CS(=O)C(C)C(C)C)c1ccc(OC)cc1. The first kappa shape index (κ1) is 18.2. The Hall–Kier alpha value is -0.870. The molecule has 3 unspecified atom stereocenters. The third-order valence-electron chi connectivity index (χ3n) is 3.84. The van der Waals surface area contributed by atoms with Gasteiger partial charge in [0.25, 0.3) is 0 Å². The van der Waals surface area contributed by atoms with Gasteiger partial charge in [-0.1, -0.05) is 39.8 Å². The van der Waals surface area contributed by atoms with Gasteiger partial charge in [-0.3, -0.25) is 4.21 Å². The van der Waals surface area contributed by atoms with E-state index in [-0.39, 0.29) is 11.3 Å². The van der Waals surface area contributed by atoms with Crippen molar-refractivity contribution in [3.63, 3.8) is 0 Å². The summed E-state index contributed by atoms with van der Waals surface area (Å²) in [6.07, 6.45) is 1.07. The molecule has 1 rings (SSSR count). The molecule has 1 aromatic carbocycles. The van der Waals surface area contributed by atoms with Gasteiger partial charge in [-0.2, -0.15) is 0 Å². The van der Waals surface area contributed by atoms with Crippen LogP contribution in [0.5, 0.6) is 5.75 Å². The lowest BCUT2D eigenvalue weighted by atomic mass is 10.1. The van der Waals surface area contributed by atoms with Crippen LogP contribution in [-0.4, -0.2) is 28.9 Å². The van der Waals surface area contributed by atoms with Crippen LogP contribution in [0, 0.1) is 5.92 Å². The molecule has 0 heterocycles. The minimum Gasteiger partial charge on any atom is -0.497 e. The normalized spacial score (nSPS) is 15.7. The van der Waals surface area contributed by atoms with Crippen LogP contribution in [0.3, 0.4) is 0 Å². The Kier molecular flexibility index (Phi) is 7.97. The lowest BCUT2D eigenvalue weighted by Gasteiger charge is -2.22. The van der Waals surface area contributed by atoms with Crippen molar-refractivity contribution in [3.8, 4) is 5.75 Å². The van der Waals surface area contributed by atoms with Crippen molar-refractivity contribution in [1.29, 1.82) is 0 Å². The highest BCUT2D eigenvalue weighted by atomic mass is 32.2. The van der Waals surface area contributed by atoms with Gasteiger partial charge >= 0.3 is 0 Å². The van der Waals surface area contributed by atoms with Gasteiger partial charge < -0.3 is 10.1 Å². The molecular formula is C17H29NO2S. The van der Waals surface area contributed by atoms with E-state index in [1.807, 2.05) is 12.1 Å². The summed E-state index contributed by atoms with van der Waals surface area (Å²) in [6.45, 7) is 9.41. The van der Waals surface area contributed by atoms with Gasteiger partial charge in [-0.15, -0.1) is 0 Å². The summed E-state index contributed by atoms with van der Waals surface area (Å²) in [5.74, 6) is 1.95. The predicted octanol–water partition coefficient (Wildman–Crippen LogP) is 3.53. The Morgan fingerprint density at radius 3 is 2.29 bits per heavy atom. The van der Waals surface area contributed by atoms with Gasteiger partial charge in [0.15, 0.2) is 0 Å². The highest BCUT2D eigenvalue weighted by Crippen LogP contribution is 2.21. The van der Waals surface area contributed by atoms with Gasteiger partial charge in [-0.05, 0) is 36.6 Å². The molecule has 0 aliphatic carbocycles.